The Morgan fingerprint density at radius 3 is 2.33 bits per heavy atom. The van der Waals surface area contributed by atoms with Gasteiger partial charge in [0.2, 0.25) is 0 Å². The second-order valence-electron chi connectivity index (χ2n) is 5.75. The molecule has 1 aromatic carbocycles. The summed E-state index contributed by atoms with van der Waals surface area (Å²) in [5, 5.41) is 0. The van der Waals surface area contributed by atoms with Crippen LogP contribution >= 0.6 is 0 Å². The molecule has 1 unspecified atom stereocenters. The summed E-state index contributed by atoms with van der Waals surface area (Å²) in [5.41, 5.74) is 0. The molecule has 21 heavy (non-hydrogen) atoms. The van der Waals surface area contributed by atoms with E-state index in [1.807, 2.05) is 0 Å². The van der Waals surface area contributed by atoms with Crippen LogP contribution in [0, 0.1) is 11.8 Å². The number of ether oxygens (including phenoxy) is 2. The Balaban J connectivity index is 1.53. The van der Waals surface area contributed by atoms with Crippen LogP contribution in [0.1, 0.15) is 19.3 Å². The second-order valence-corrected chi connectivity index (χ2v) is 7.98. The molecule has 1 aliphatic carbocycles. The zero-order chi connectivity index (χ0) is 14.9. The fraction of sp³-hybridized carbons (Fsp3) is 0.533. The molecule has 1 atom stereocenters. The van der Waals surface area contributed by atoms with E-state index in [0.29, 0.717) is 18.1 Å². The van der Waals surface area contributed by atoms with Crippen LogP contribution in [-0.4, -0.2) is 32.5 Å². The standard InChI is InChI=1S/C15H18O5S/c16-15(12-7-8-21(17,18)10-12)20-14-5-3-13(4-6-14)19-9-11-1-2-11/h3-6,11-12H,1-2,7-10H2. The fourth-order valence-electron chi connectivity index (χ4n) is 2.28. The molecule has 1 saturated carbocycles. The minimum absolute atomic E-state index is 0.0701. The zero-order valence-electron chi connectivity index (χ0n) is 11.7. The largest absolute Gasteiger partial charge is 0.493 e. The molecule has 114 valence electrons. The van der Waals surface area contributed by atoms with Gasteiger partial charge in [-0.05, 0) is 49.4 Å². The Labute approximate surface area is 124 Å². The Kier molecular flexibility index (Phi) is 3.89. The summed E-state index contributed by atoms with van der Waals surface area (Å²) in [6.07, 6.45) is 2.82. The normalized spacial score (nSPS) is 23.7. The van der Waals surface area contributed by atoms with Gasteiger partial charge in [-0.1, -0.05) is 0 Å². The van der Waals surface area contributed by atoms with Crippen molar-refractivity contribution in [2.45, 2.75) is 19.3 Å². The van der Waals surface area contributed by atoms with E-state index in [9.17, 15) is 13.2 Å². The van der Waals surface area contributed by atoms with Crippen LogP contribution in [0.15, 0.2) is 24.3 Å². The monoisotopic (exact) mass is 310 g/mol. The highest BCUT2D eigenvalue weighted by atomic mass is 32.2. The Morgan fingerprint density at radius 1 is 1.10 bits per heavy atom. The SMILES string of the molecule is O=C(Oc1ccc(OCC2CC2)cc1)C1CCS(=O)(=O)C1. The molecule has 1 aromatic rings. The van der Waals surface area contributed by atoms with Crippen molar-refractivity contribution in [1.29, 1.82) is 0 Å². The van der Waals surface area contributed by atoms with Gasteiger partial charge >= 0.3 is 5.97 Å². The maximum Gasteiger partial charge on any atom is 0.315 e. The van der Waals surface area contributed by atoms with Crippen LogP contribution < -0.4 is 9.47 Å². The van der Waals surface area contributed by atoms with E-state index in [1.165, 1.54) is 12.8 Å². The van der Waals surface area contributed by atoms with E-state index in [-0.39, 0.29) is 11.5 Å². The quantitative estimate of drug-likeness (QED) is 0.613. The molecule has 1 saturated heterocycles. The lowest BCUT2D eigenvalue weighted by Crippen LogP contribution is -2.21. The molecule has 1 heterocycles. The summed E-state index contributed by atoms with van der Waals surface area (Å²) < 4.78 is 33.5. The highest BCUT2D eigenvalue weighted by Gasteiger charge is 2.34. The minimum atomic E-state index is -3.07. The molecular weight excluding hydrogens is 292 g/mol. The summed E-state index contributed by atoms with van der Waals surface area (Å²) in [6, 6.07) is 6.86. The van der Waals surface area contributed by atoms with E-state index in [4.69, 9.17) is 9.47 Å². The molecule has 1 aliphatic heterocycles. The third-order valence-electron chi connectivity index (χ3n) is 3.79. The number of benzene rings is 1. The number of carbonyl (C=O) groups excluding carboxylic acids is 1. The molecule has 0 bridgehead atoms. The zero-order valence-corrected chi connectivity index (χ0v) is 12.5. The first-order chi connectivity index (χ1) is 10.0. The first-order valence-electron chi connectivity index (χ1n) is 7.17. The van der Waals surface area contributed by atoms with Crippen LogP contribution in [-0.2, 0) is 14.6 Å². The summed E-state index contributed by atoms with van der Waals surface area (Å²) in [4.78, 5) is 11.9. The Hall–Kier alpha value is -1.56. The van der Waals surface area contributed by atoms with E-state index < -0.39 is 21.7 Å². The van der Waals surface area contributed by atoms with Gasteiger partial charge in [-0.3, -0.25) is 4.79 Å². The van der Waals surface area contributed by atoms with E-state index in [1.54, 1.807) is 24.3 Å². The van der Waals surface area contributed by atoms with Crippen molar-refractivity contribution in [1.82, 2.24) is 0 Å². The van der Waals surface area contributed by atoms with Gasteiger partial charge in [0.25, 0.3) is 0 Å². The lowest BCUT2D eigenvalue weighted by Gasteiger charge is -2.09. The lowest BCUT2D eigenvalue weighted by molar-refractivity contribution is -0.138. The highest BCUT2D eigenvalue weighted by Crippen LogP contribution is 2.30. The molecule has 6 heteroatoms. The number of esters is 1. The number of rotatable bonds is 5. The van der Waals surface area contributed by atoms with Gasteiger partial charge in [-0.2, -0.15) is 0 Å². The third-order valence-corrected chi connectivity index (χ3v) is 5.56. The predicted octanol–water partition coefficient (Wildman–Crippen LogP) is 1.82. The molecule has 2 fully saturated rings. The van der Waals surface area contributed by atoms with Gasteiger partial charge < -0.3 is 9.47 Å². The minimum Gasteiger partial charge on any atom is -0.493 e. The van der Waals surface area contributed by atoms with Gasteiger partial charge in [0.15, 0.2) is 9.84 Å². The van der Waals surface area contributed by atoms with Gasteiger partial charge in [-0.15, -0.1) is 0 Å². The van der Waals surface area contributed by atoms with E-state index >= 15 is 0 Å². The maximum atomic E-state index is 11.9. The van der Waals surface area contributed by atoms with Crippen LogP contribution in [0.5, 0.6) is 11.5 Å². The number of sulfone groups is 1. The maximum absolute atomic E-state index is 11.9. The van der Waals surface area contributed by atoms with Crippen LogP contribution in [0.3, 0.4) is 0 Å². The van der Waals surface area contributed by atoms with Crippen molar-refractivity contribution in [3.05, 3.63) is 24.3 Å². The highest BCUT2D eigenvalue weighted by molar-refractivity contribution is 7.91. The van der Waals surface area contributed by atoms with E-state index in [2.05, 4.69) is 0 Å². The first-order valence-corrected chi connectivity index (χ1v) is 8.99. The molecule has 2 aliphatic rings. The van der Waals surface area contributed by atoms with Crippen LogP contribution in [0.4, 0.5) is 0 Å². The van der Waals surface area contributed by atoms with Crippen molar-refractivity contribution in [3.8, 4) is 11.5 Å². The molecule has 0 N–H and O–H groups in total. The number of hydrogen-bond donors (Lipinski definition) is 0. The molecule has 5 nitrogen and oxygen atoms in total. The predicted molar refractivity (Wildman–Crippen MR) is 77.1 cm³/mol. The smallest absolute Gasteiger partial charge is 0.315 e. The molecule has 0 aromatic heterocycles. The molecule has 0 amide bonds. The van der Waals surface area contributed by atoms with Gasteiger partial charge in [0.05, 0.1) is 24.0 Å². The van der Waals surface area contributed by atoms with Gasteiger partial charge in [0, 0.05) is 0 Å². The number of carbonyl (C=O) groups is 1. The van der Waals surface area contributed by atoms with Crippen molar-refractivity contribution in [3.63, 3.8) is 0 Å². The topological polar surface area (TPSA) is 69.7 Å². The molecular formula is C15H18O5S. The lowest BCUT2D eigenvalue weighted by atomic mass is 10.1. The first kappa shape index (κ1) is 14.4. The average molecular weight is 310 g/mol. The molecule has 3 rings (SSSR count). The third kappa shape index (κ3) is 3.97. The van der Waals surface area contributed by atoms with Gasteiger partial charge in [-0.25, -0.2) is 8.42 Å². The van der Waals surface area contributed by atoms with Crippen molar-refractivity contribution in [2.75, 3.05) is 18.1 Å². The Bertz CT molecular complexity index is 616. The fourth-order valence-corrected chi connectivity index (χ4v) is 4.01. The molecule has 0 radical (unpaired) electrons. The number of hydrogen-bond acceptors (Lipinski definition) is 5. The average Bonchev–Trinajstić information content (AvgIpc) is 3.20. The molecule has 0 spiro atoms. The van der Waals surface area contributed by atoms with Crippen LogP contribution in [0.2, 0.25) is 0 Å². The van der Waals surface area contributed by atoms with Crippen molar-refractivity contribution in [2.24, 2.45) is 11.8 Å². The summed E-state index contributed by atoms with van der Waals surface area (Å²) >= 11 is 0. The summed E-state index contributed by atoms with van der Waals surface area (Å²) in [7, 11) is -3.07. The van der Waals surface area contributed by atoms with E-state index in [0.717, 1.165) is 12.4 Å². The summed E-state index contributed by atoms with van der Waals surface area (Å²) in [6.45, 7) is 0.735. The van der Waals surface area contributed by atoms with Crippen molar-refractivity contribution < 1.29 is 22.7 Å². The van der Waals surface area contributed by atoms with Crippen molar-refractivity contribution >= 4 is 15.8 Å². The van der Waals surface area contributed by atoms with Gasteiger partial charge in [0.1, 0.15) is 11.5 Å². The second kappa shape index (κ2) is 5.67. The Morgan fingerprint density at radius 2 is 1.76 bits per heavy atom. The van der Waals surface area contributed by atoms with Crippen LogP contribution in [0.25, 0.3) is 0 Å². The summed E-state index contributed by atoms with van der Waals surface area (Å²) in [5.74, 6) is 0.818.